The normalized spacial score (nSPS) is 13.1. The Kier molecular flexibility index (Phi) is 8.85. The lowest BCUT2D eigenvalue weighted by atomic mass is 10.1. The van der Waals surface area contributed by atoms with Crippen LogP contribution in [0.15, 0.2) is 78.9 Å². The van der Waals surface area contributed by atoms with Crippen LogP contribution in [0.5, 0.6) is 0 Å². The maximum absolute atomic E-state index is 12.7. The highest BCUT2D eigenvalue weighted by Gasteiger charge is 2.19. The molecule has 3 aromatic rings. The number of carbonyl (C=O) groups excluding carboxylic acids is 2. The molecule has 1 heterocycles. The first-order valence-electron chi connectivity index (χ1n) is 12.1. The lowest BCUT2D eigenvalue weighted by Crippen LogP contribution is -2.43. The molecule has 37 heavy (non-hydrogen) atoms. The molecule has 9 nitrogen and oxygen atoms in total. The number of ether oxygens (including phenoxy) is 1. The summed E-state index contributed by atoms with van der Waals surface area (Å²) in [5, 5.41) is 15.5. The number of benzene rings is 3. The third kappa shape index (κ3) is 7.39. The number of carboxylic acids is 1. The van der Waals surface area contributed by atoms with E-state index in [1.54, 1.807) is 36.4 Å². The number of rotatable bonds is 10. The van der Waals surface area contributed by atoms with Crippen molar-refractivity contribution < 1.29 is 24.2 Å². The lowest BCUT2D eigenvalue weighted by Gasteiger charge is -2.29. The maximum Gasteiger partial charge on any atom is 0.323 e. The van der Waals surface area contributed by atoms with Gasteiger partial charge in [0.05, 0.1) is 6.61 Å². The summed E-state index contributed by atoms with van der Waals surface area (Å²) in [5.41, 5.74) is 3.45. The molecule has 0 atom stereocenters. The summed E-state index contributed by atoms with van der Waals surface area (Å²) in [6, 6.07) is 23.3. The second kappa shape index (κ2) is 12.7. The molecule has 3 N–H and O–H groups in total. The summed E-state index contributed by atoms with van der Waals surface area (Å²) in [4.78, 5) is 40.2. The molecule has 192 valence electrons. The Balaban J connectivity index is 1.35. The van der Waals surface area contributed by atoms with Crippen LogP contribution in [-0.2, 0) is 20.9 Å². The highest BCUT2D eigenvalue weighted by molar-refractivity contribution is 6.04. The second-order valence-corrected chi connectivity index (χ2v) is 8.64. The van der Waals surface area contributed by atoms with Crippen molar-refractivity contribution in [3.05, 3.63) is 90.0 Å². The van der Waals surface area contributed by atoms with Crippen LogP contribution in [0.25, 0.3) is 0 Å². The van der Waals surface area contributed by atoms with Gasteiger partial charge in [-0.3, -0.25) is 19.3 Å². The van der Waals surface area contributed by atoms with Gasteiger partial charge >= 0.3 is 5.97 Å². The molecule has 3 aromatic carbocycles. The van der Waals surface area contributed by atoms with Crippen molar-refractivity contribution >= 4 is 34.8 Å². The molecule has 0 unspecified atom stereocenters. The minimum Gasteiger partial charge on any atom is -0.480 e. The number of aliphatic carboxylic acids is 1. The molecule has 0 saturated carbocycles. The summed E-state index contributed by atoms with van der Waals surface area (Å²) in [7, 11) is 0. The Bertz CT molecular complexity index is 1190. The lowest BCUT2D eigenvalue weighted by molar-refractivity contribution is -0.137. The maximum atomic E-state index is 12.7. The number of piperazine rings is 1. The van der Waals surface area contributed by atoms with E-state index in [1.807, 2.05) is 42.5 Å². The zero-order valence-electron chi connectivity index (χ0n) is 20.4. The van der Waals surface area contributed by atoms with Crippen LogP contribution in [0.3, 0.4) is 0 Å². The first kappa shape index (κ1) is 25.9. The van der Waals surface area contributed by atoms with Gasteiger partial charge in [0.15, 0.2) is 0 Å². The fourth-order valence-corrected chi connectivity index (χ4v) is 4.04. The van der Waals surface area contributed by atoms with Crippen molar-refractivity contribution in [3.63, 3.8) is 0 Å². The van der Waals surface area contributed by atoms with Crippen molar-refractivity contribution in [2.24, 2.45) is 0 Å². The largest absolute Gasteiger partial charge is 0.480 e. The molecule has 1 aliphatic heterocycles. The number of carboxylic acid groups (broad SMARTS) is 1. The van der Waals surface area contributed by atoms with Crippen molar-refractivity contribution in [3.8, 4) is 0 Å². The topological polar surface area (TPSA) is 111 Å². The van der Waals surface area contributed by atoms with Gasteiger partial charge in [0.25, 0.3) is 11.8 Å². The number of hydrogen-bond acceptors (Lipinski definition) is 6. The summed E-state index contributed by atoms with van der Waals surface area (Å²) in [5.74, 6) is -1.87. The Morgan fingerprint density at radius 1 is 0.919 bits per heavy atom. The number of hydrogen-bond donors (Lipinski definition) is 3. The first-order valence-corrected chi connectivity index (χ1v) is 12.1. The van der Waals surface area contributed by atoms with Crippen LogP contribution < -0.4 is 20.4 Å². The molecule has 0 spiro atoms. The number of amides is 2. The molecule has 0 aromatic heterocycles. The average molecular weight is 503 g/mol. The standard InChI is InChI=1S/C28H30N4O5/c33-26(20-37-19-21-4-2-1-3-5-21)32(18-27(34)35)25-12-8-23(9-13-25)30-28(36)22-6-10-24(11-7-22)31-16-14-29-15-17-31/h1-13,29H,14-20H2,(H,30,36)(H,34,35). The Labute approximate surface area is 215 Å². The van der Waals surface area contributed by atoms with Gasteiger partial charge in [-0.15, -0.1) is 0 Å². The van der Waals surface area contributed by atoms with E-state index in [0.717, 1.165) is 42.3 Å². The van der Waals surface area contributed by atoms with Gasteiger partial charge in [-0.05, 0) is 54.1 Å². The summed E-state index contributed by atoms with van der Waals surface area (Å²) in [6.45, 7) is 3.22. The molecule has 0 bridgehead atoms. The summed E-state index contributed by atoms with van der Waals surface area (Å²) in [6.07, 6.45) is 0. The molecule has 1 fully saturated rings. The molecule has 4 rings (SSSR count). The quantitative estimate of drug-likeness (QED) is 0.391. The molecule has 1 aliphatic rings. The Morgan fingerprint density at radius 2 is 1.59 bits per heavy atom. The zero-order chi connectivity index (χ0) is 26.0. The van der Waals surface area contributed by atoms with Gasteiger partial charge in [0.1, 0.15) is 13.2 Å². The third-order valence-electron chi connectivity index (χ3n) is 5.98. The fourth-order valence-electron chi connectivity index (χ4n) is 4.04. The van der Waals surface area contributed by atoms with E-state index in [2.05, 4.69) is 15.5 Å². The van der Waals surface area contributed by atoms with E-state index in [0.29, 0.717) is 16.9 Å². The Hall–Kier alpha value is -4.21. The Morgan fingerprint density at radius 3 is 2.24 bits per heavy atom. The highest BCUT2D eigenvalue weighted by Crippen LogP contribution is 2.20. The van der Waals surface area contributed by atoms with Crippen LogP contribution in [0, 0.1) is 0 Å². The van der Waals surface area contributed by atoms with E-state index in [4.69, 9.17) is 4.74 Å². The van der Waals surface area contributed by atoms with E-state index in [-0.39, 0.29) is 19.1 Å². The zero-order valence-corrected chi connectivity index (χ0v) is 20.4. The smallest absolute Gasteiger partial charge is 0.323 e. The van der Waals surface area contributed by atoms with Crippen LogP contribution in [0.1, 0.15) is 15.9 Å². The van der Waals surface area contributed by atoms with Crippen molar-refractivity contribution in [1.82, 2.24) is 5.32 Å². The van der Waals surface area contributed by atoms with Gasteiger partial charge in [-0.1, -0.05) is 30.3 Å². The molecule has 2 amide bonds. The van der Waals surface area contributed by atoms with Gasteiger partial charge in [-0.25, -0.2) is 0 Å². The monoisotopic (exact) mass is 502 g/mol. The number of anilines is 3. The minimum atomic E-state index is -1.14. The van der Waals surface area contributed by atoms with Gasteiger partial charge < -0.3 is 25.4 Å². The molecular weight excluding hydrogens is 472 g/mol. The molecule has 0 aliphatic carbocycles. The predicted molar refractivity (Wildman–Crippen MR) is 142 cm³/mol. The van der Waals surface area contributed by atoms with Crippen molar-refractivity contribution in [2.45, 2.75) is 6.61 Å². The SMILES string of the molecule is O=C(O)CN(C(=O)COCc1ccccc1)c1ccc(NC(=O)c2ccc(N3CCNCC3)cc2)cc1. The second-order valence-electron chi connectivity index (χ2n) is 8.64. The number of nitrogens with zero attached hydrogens (tertiary/aromatic N) is 2. The summed E-state index contributed by atoms with van der Waals surface area (Å²) < 4.78 is 5.49. The first-order chi connectivity index (χ1) is 18.0. The van der Waals surface area contributed by atoms with Crippen LogP contribution in [0.2, 0.25) is 0 Å². The number of carbonyl (C=O) groups is 3. The average Bonchev–Trinajstić information content (AvgIpc) is 2.93. The van der Waals surface area contributed by atoms with Crippen molar-refractivity contribution in [2.75, 3.05) is 54.4 Å². The molecule has 1 saturated heterocycles. The third-order valence-corrected chi connectivity index (χ3v) is 5.98. The van der Waals surface area contributed by atoms with Crippen molar-refractivity contribution in [1.29, 1.82) is 0 Å². The van der Waals surface area contributed by atoms with E-state index in [1.165, 1.54) is 0 Å². The summed E-state index contributed by atoms with van der Waals surface area (Å²) >= 11 is 0. The van der Waals surface area contributed by atoms with Crippen LogP contribution in [-0.4, -0.2) is 62.2 Å². The highest BCUT2D eigenvalue weighted by atomic mass is 16.5. The molecule has 0 radical (unpaired) electrons. The van der Waals surface area contributed by atoms with E-state index < -0.39 is 18.4 Å². The van der Waals surface area contributed by atoms with Crippen LogP contribution in [0.4, 0.5) is 17.1 Å². The predicted octanol–water partition coefficient (Wildman–Crippen LogP) is 2.98. The van der Waals surface area contributed by atoms with Gasteiger partial charge in [-0.2, -0.15) is 0 Å². The minimum absolute atomic E-state index is 0.245. The number of nitrogens with one attached hydrogen (secondary N) is 2. The fraction of sp³-hybridized carbons (Fsp3) is 0.250. The molecular formula is C28H30N4O5. The van der Waals surface area contributed by atoms with Crippen LogP contribution >= 0.6 is 0 Å². The van der Waals surface area contributed by atoms with Gasteiger partial charge in [0, 0.05) is 48.8 Å². The van der Waals surface area contributed by atoms with E-state index in [9.17, 15) is 19.5 Å². The molecule has 9 heteroatoms. The van der Waals surface area contributed by atoms with E-state index >= 15 is 0 Å². The van der Waals surface area contributed by atoms with Gasteiger partial charge in [0.2, 0.25) is 0 Å².